The van der Waals surface area contributed by atoms with Crippen LogP contribution in [0.4, 0.5) is 0 Å². The standard InChI is InChI=1S/C12H14Cl3NS/c1-2-16-5-3-4-12(16)17-11-7-9(14)8(13)6-10(11)15/h6-7,12H,2-5H2,1H3. The Labute approximate surface area is 121 Å². The highest BCUT2D eigenvalue weighted by Gasteiger charge is 2.24. The van der Waals surface area contributed by atoms with E-state index in [2.05, 4.69) is 11.8 Å². The fourth-order valence-electron chi connectivity index (χ4n) is 2.03. The molecule has 0 spiro atoms. The van der Waals surface area contributed by atoms with E-state index >= 15 is 0 Å². The van der Waals surface area contributed by atoms with E-state index in [1.807, 2.05) is 6.07 Å². The zero-order chi connectivity index (χ0) is 12.4. The van der Waals surface area contributed by atoms with E-state index in [0.717, 1.165) is 11.4 Å². The minimum Gasteiger partial charge on any atom is -0.291 e. The molecule has 1 heterocycles. The number of rotatable bonds is 3. The number of hydrogen-bond acceptors (Lipinski definition) is 2. The molecule has 1 aliphatic rings. The van der Waals surface area contributed by atoms with E-state index < -0.39 is 0 Å². The molecule has 0 aromatic heterocycles. The molecule has 1 nitrogen and oxygen atoms in total. The number of likely N-dealkylation sites (tertiary alicyclic amines) is 1. The van der Waals surface area contributed by atoms with Crippen molar-refractivity contribution in [2.75, 3.05) is 13.1 Å². The van der Waals surface area contributed by atoms with Crippen molar-refractivity contribution in [1.82, 2.24) is 4.90 Å². The van der Waals surface area contributed by atoms with Gasteiger partial charge in [0, 0.05) is 4.90 Å². The molecule has 1 aromatic rings. The summed E-state index contributed by atoms with van der Waals surface area (Å²) in [5, 5.41) is 2.28. The largest absolute Gasteiger partial charge is 0.291 e. The Morgan fingerprint density at radius 3 is 2.65 bits per heavy atom. The summed E-state index contributed by atoms with van der Waals surface area (Å²) in [6, 6.07) is 3.59. The molecule has 0 aliphatic carbocycles. The molecule has 1 saturated heterocycles. The van der Waals surface area contributed by atoms with Crippen LogP contribution >= 0.6 is 46.6 Å². The molecule has 2 rings (SSSR count). The lowest BCUT2D eigenvalue weighted by atomic mass is 10.3. The zero-order valence-corrected chi connectivity index (χ0v) is 12.6. The topological polar surface area (TPSA) is 3.24 Å². The van der Waals surface area contributed by atoms with Crippen LogP contribution in [0.5, 0.6) is 0 Å². The Balaban J connectivity index is 2.15. The molecule has 5 heteroatoms. The van der Waals surface area contributed by atoms with Crippen LogP contribution in [0.25, 0.3) is 0 Å². The van der Waals surface area contributed by atoms with Gasteiger partial charge in [0.2, 0.25) is 0 Å². The quantitative estimate of drug-likeness (QED) is 0.708. The first-order valence-corrected chi connectivity index (χ1v) is 7.68. The third-order valence-electron chi connectivity index (χ3n) is 2.95. The predicted molar refractivity (Wildman–Crippen MR) is 77.6 cm³/mol. The van der Waals surface area contributed by atoms with Crippen LogP contribution in [0.2, 0.25) is 15.1 Å². The van der Waals surface area contributed by atoms with Gasteiger partial charge in [-0.15, -0.1) is 11.8 Å². The summed E-state index contributed by atoms with van der Waals surface area (Å²) in [5.74, 6) is 0. The van der Waals surface area contributed by atoms with E-state index in [-0.39, 0.29) is 0 Å². The second-order valence-electron chi connectivity index (χ2n) is 4.04. The van der Waals surface area contributed by atoms with E-state index in [0.29, 0.717) is 20.4 Å². The minimum atomic E-state index is 0.509. The molecule has 0 N–H and O–H groups in total. The number of benzene rings is 1. The normalized spacial score (nSPS) is 21.1. The lowest BCUT2D eigenvalue weighted by Crippen LogP contribution is -2.26. The van der Waals surface area contributed by atoms with Crippen molar-refractivity contribution in [3.8, 4) is 0 Å². The summed E-state index contributed by atoms with van der Waals surface area (Å²) >= 11 is 19.9. The van der Waals surface area contributed by atoms with Gasteiger partial charge >= 0.3 is 0 Å². The highest BCUT2D eigenvalue weighted by molar-refractivity contribution is 8.00. The van der Waals surface area contributed by atoms with Crippen LogP contribution in [-0.4, -0.2) is 23.4 Å². The van der Waals surface area contributed by atoms with Crippen molar-refractivity contribution in [1.29, 1.82) is 0 Å². The molecule has 0 bridgehead atoms. The van der Waals surface area contributed by atoms with Gasteiger partial charge < -0.3 is 0 Å². The van der Waals surface area contributed by atoms with Gasteiger partial charge in [0.15, 0.2) is 0 Å². The van der Waals surface area contributed by atoms with E-state index in [1.165, 1.54) is 19.4 Å². The SMILES string of the molecule is CCN1CCCC1Sc1cc(Cl)c(Cl)cc1Cl. The van der Waals surface area contributed by atoms with Crippen molar-refractivity contribution in [3.63, 3.8) is 0 Å². The van der Waals surface area contributed by atoms with E-state index in [1.54, 1.807) is 17.8 Å². The first-order valence-electron chi connectivity index (χ1n) is 5.67. The molecule has 0 saturated carbocycles. The molecule has 0 amide bonds. The van der Waals surface area contributed by atoms with Gasteiger partial charge in [-0.25, -0.2) is 0 Å². The van der Waals surface area contributed by atoms with Crippen molar-refractivity contribution < 1.29 is 0 Å². The van der Waals surface area contributed by atoms with Crippen LogP contribution in [0.3, 0.4) is 0 Å². The fourth-order valence-corrected chi connectivity index (χ4v) is 4.12. The molecular formula is C12H14Cl3NS. The molecule has 0 radical (unpaired) electrons. The minimum absolute atomic E-state index is 0.509. The lowest BCUT2D eigenvalue weighted by Gasteiger charge is -2.22. The second-order valence-corrected chi connectivity index (χ2v) is 6.48. The predicted octanol–water partition coefficient (Wildman–Crippen LogP) is 5.18. The molecular weight excluding hydrogens is 297 g/mol. The van der Waals surface area contributed by atoms with Crippen molar-refractivity contribution >= 4 is 46.6 Å². The smallest absolute Gasteiger partial charge is 0.0607 e. The Bertz CT molecular complexity index is 411. The average molecular weight is 311 g/mol. The fraction of sp³-hybridized carbons (Fsp3) is 0.500. The molecule has 1 aromatic carbocycles. The summed E-state index contributed by atoms with van der Waals surface area (Å²) < 4.78 is 0. The average Bonchev–Trinajstić information content (AvgIpc) is 2.73. The molecule has 1 unspecified atom stereocenters. The van der Waals surface area contributed by atoms with Gasteiger partial charge in [-0.2, -0.15) is 0 Å². The van der Waals surface area contributed by atoms with Gasteiger partial charge in [0.05, 0.1) is 20.4 Å². The van der Waals surface area contributed by atoms with Gasteiger partial charge in [-0.1, -0.05) is 41.7 Å². The monoisotopic (exact) mass is 309 g/mol. The third-order valence-corrected chi connectivity index (χ3v) is 5.49. The van der Waals surface area contributed by atoms with Crippen molar-refractivity contribution in [3.05, 3.63) is 27.2 Å². The van der Waals surface area contributed by atoms with Crippen LogP contribution in [0, 0.1) is 0 Å². The first-order chi connectivity index (χ1) is 8.11. The van der Waals surface area contributed by atoms with E-state index in [9.17, 15) is 0 Å². The second kappa shape index (κ2) is 6.03. The summed E-state index contributed by atoms with van der Waals surface area (Å²) in [7, 11) is 0. The summed E-state index contributed by atoms with van der Waals surface area (Å²) in [5.41, 5.74) is 0. The third kappa shape index (κ3) is 3.24. The highest BCUT2D eigenvalue weighted by atomic mass is 35.5. The molecule has 1 fully saturated rings. The van der Waals surface area contributed by atoms with Gasteiger partial charge in [-0.3, -0.25) is 4.90 Å². The Kier molecular flexibility index (Phi) is 4.90. The van der Waals surface area contributed by atoms with Crippen LogP contribution in [0.1, 0.15) is 19.8 Å². The summed E-state index contributed by atoms with van der Waals surface area (Å²) in [4.78, 5) is 3.48. The van der Waals surface area contributed by atoms with Crippen LogP contribution < -0.4 is 0 Å². The Hall–Kier alpha value is 0.400. The molecule has 1 aliphatic heterocycles. The van der Waals surface area contributed by atoms with Gasteiger partial charge in [0.25, 0.3) is 0 Å². The lowest BCUT2D eigenvalue weighted by molar-refractivity contribution is 0.335. The Morgan fingerprint density at radius 2 is 1.94 bits per heavy atom. The summed E-state index contributed by atoms with van der Waals surface area (Å²) in [6.07, 6.45) is 2.46. The van der Waals surface area contributed by atoms with Crippen LogP contribution in [-0.2, 0) is 0 Å². The molecule has 94 valence electrons. The van der Waals surface area contributed by atoms with Crippen molar-refractivity contribution in [2.45, 2.75) is 30.0 Å². The van der Waals surface area contributed by atoms with Gasteiger partial charge in [0.1, 0.15) is 0 Å². The van der Waals surface area contributed by atoms with Gasteiger partial charge in [-0.05, 0) is 38.1 Å². The Morgan fingerprint density at radius 1 is 1.24 bits per heavy atom. The number of hydrogen-bond donors (Lipinski definition) is 0. The highest BCUT2D eigenvalue weighted by Crippen LogP contribution is 2.39. The first kappa shape index (κ1) is 13.8. The molecule has 1 atom stereocenters. The van der Waals surface area contributed by atoms with Crippen LogP contribution in [0.15, 0.2) is 17.0 Å². The maximum Gasteiger partial charge on any atom is 0.0607 e. The maximum absolute atomic E-state index is 6.19. The molecule has 17 heavy (non-hydrogen) atoms. The van der Waals surface area contributed by atoms with E-state index in [4.69, 9.17) is 34.8 Å². The van der Waals surface area contributed by atoms with Crippen molar-refractivity contribution in [2.24, 2.45) is 0 Å². The summed E-state index contributed by atoms with van der Waals surface area (Å²) in [6.45, 7) is 4.44. The maximum atomic E-state index is 6.19. The zero-order valence-electron chi connectivity index (χ0n) is 9.55. The number of nitrogens with zero attached hydrogens (tertiary/aromatic N) is 1. The number of thioether (sulfide) groups is 1. The number of halogens is 3.